The van der Waals surface area contributed by atoms with Crippen molar-refractivity contribution in [1.29, 1.82) is 0 Å². The number of carbonyl (C=O) groups is 1. The average molecular weight is 276 g/mol. The van der Waals surface area contributed by atoms with Crippen LogP contribution < -0.4 is 5.32 Å². The normalized spacial score (nSPS) is 15.9. The molecule has 0 fully saturated rings. The van der Waals surface area contributed by atoms with Gasteiger partial charge in [0.05, 0.1) is 31.5 Å². The fraction of sp³-hybridized carbons (Fsp3) is 0.923. The number of rotatable bonds is 10. The van der Waals surface area contributed by atoms with E-state index in [0.29, 0.717) is 19.7 Å². The summed E-state index contributed by atoms with van der Waals surface area (Å²) < 4.78 is 10.3. The monoisotopic (exact) mass is 276 g/mol. The maximum absolute atomic E-state index is 11.8. The van der Waals surface area contributed by atoms with Gasteiger partial charge in [-0.15, -0.1) is 0 Å². The number of ether oxygens (including phenoxy) is 2. The molecule has 114 valence electrons. The third-order valence-electron chi connectivity index (χ3n) is 2.86. The summed E-state index contributed by atoms with van der Waals surface area (Å²) >= 11 is 0. The van der Waals surface area contributed by atoms with Crippen LogP contribution in [0.25, 0.3) is 0 Å². The van der Waals surface area contributed by atoms with Gasteiger partial charge >= 0.3 is 0 Å². The van der Waals surface area contributed by atoms with Crippen LogP contribution in [0.1, 0.15) is 20.8 Å². The number of hydrogen-bond donors (Lipinski definition) is 2. The van der Waals surface area contributed by atoms with Crippen LogP contribution in [0.2, 0.25) is 0 Å². The van der Waals surface area contributed by atoms with Crippen LogP contribution >= 0.6 is 0 Å². The molecule has 3 unspecified atom stereocenters. The molecule has 0 spiro atoms. The summed E-state index contributed by atoms with van der Waals surface area (Å²) in [6.07, 6.45) is -0.689. The molecule has 0 aromatic carbocycles. The van der Waals surface area contributed by atoms with E-state index in [1.54, 1.807) is 26.0 Å². The highest BCUT2D eigenvalue weighted by Gasteiger charge is 2.17. The van der Waals surface area contributed by atoms with Crippen molar-refractivity contribution in [3.63, 3.8) is 0 Å². The fourth-order valence-corrected chi connectivity index (χ4v) is 1.50. The maximum atomic E-state index is 11.8. The number of hydrogen-bond acceptors (Lipinski definition) is 5. The Hall–Kier alpha value is -0.690. The SMILES string of the molecule is CCN(C)C(=O)C(C)NCC(O)COC(C)COC. The zero-order valence-corrected chi connectivity index (χ0v) is 12.7. The van der Waals surface area contributed by atoms with Crippen LogP contribution in [0.15, 0.2) is 0 Å². The van der Waals surface area contributed by atoms with E-state index in [1.165, 1.54) is 0 Å². The van der Waals surface area contributed by atoms with Gasteiger partial charge in [-0.2, -0.15) is 0 Å². The van der Waals surface area contributed by atoms with Gasteiger partial charge in [-0.3, -0.25) is 4.79 Å². The molecule has 1 amide bonds. The summed E-state index contributed by atoms with van der Waals surface area (Å²) in [5.41, 5.74) is 0. The Bertz CT molecular complexity index is 251. The van der Waals surface area contributed by atoms with Gasteiger partial charge in [0.15, 0.2) is 0 Å². The first kappa shape index (κ1) is 18.3. The zero-order chi connectivity index (χ0) is 14.8. The van der Waals surface area contributed by atoms with Crippen molar-refractivity contribution in [3.8, 4) is 0 Å². The summed E-state index contributed by atoms with van der Waals surface area (Å²) in [7, 11) is 3.36. The summed E-state index contributed by atoms with van der Waals surface area (Å²) in [5, 5.41) is 12.7. The van der Waals surface area contributed by atoms with Crippen LogP contribution in [-0.4, -0.2) is 74.6 Å². The highest BCUT2D eigenvalue weighted by molar-refractivity contribution is 5.81. The van der Waals surface area contributed by atoms with Gasteiger partial charge in [0, 0.05) is 27.2 Å². The van der Waals surface area contributed by atoms with Gasteiger partial charge in [-0.1, -0.05) is 0 Å². The molecule has 0 radical (unpaired) electrons. The Balaban J connectivity index is 3.83. The van der Waals surface area contributed by atoms with Crippen molar-refractivity contribution in [1.82, 2.24) is 10.2 Å². The highest BCUT2D eigenvalue weighted by Crippen LogP contribution is 1.95. The van der Waals surface area contributed by atoms with E-state index in [-0.39, 0.29) is 24.7 Å². The Kier molecular flexibility index (Phi) is 9.77. The van der Waals surface area contributed by atoms with E-state index in [2.05, 4.69) is 5.32 Å². The van der Waals surface area contributed by atoms with Gasteiger partial charge in [-0.25, -0.2) is 0 Å². The minimum atomic E-state index is -0.638. The Morgan fingerprint density at radius 1 is 1.37 bits per heavy atom. The molecule has 0 saturated carbocycles. The number of likely N-dealkylation sites (N-methyl/N-ethyl adjacent to an activating group) is 1. The number of amides is 1. The second kappa shape index (κ2) is 10.1. The lowest BCUT2D eigenvalue weighted by Crippen LogP contribution is -2.46. The summed E-state index contributed by atoms with van der Waals surface area (Å²) in [6.45, 7) is 7.31. The molecule has 6 nitrogen and oxygen atoms in total. The largest absolute Gasteiger partial charge is 0.389 e. The topological polar surface area (TPSA) is 71.0 Å². The van der Waals surface area contributed by atoms with E-state index < -0.39 is 6.10 Å². The van der Waals surface area contributed by atoms with Gasteiger partial charge in [0.1, 0.15) is 0 Å². The first-order chi connectivity index (χ1) is 8.92. The maximum Gasteiger partial charge on any atom is 0.239 e. The molecular formula is C13H28N2O4. The van der Waals surface area contributed by atoms with E-state index in [0.717, 1.165) is 0 Å². The fourth-order valence-electron chi connectivity index (χ4n) is 1.50. The number of methoxy groups -OCH3 is 1. The highest BCUT2D eigenvalue weighted by atomic mass is 16.5. The first-order valence-electron chi connectivity index (χ1n) is 6.69. The minimum absolute atomic E-state index is 0.0170. The number of aliphatic hydroxyl groups is 1. The van der Waals surface area contributed by atoms with Crippen LogP contribution in [0.3, 0.4) is 0 Å². The van der Waals surface area contributed by atoms with Crippen molar-refractivity contribution in [3.05, 3.63) is 0 Å². The minimum Gasteiger partial charge on any atom is -0.389 e. The van der Waals surface area contributed by atoms with Gasteiger partial charge in [0.2, 0.25) is 5.91 Å². The van der Waals surface area contributed by atoms with Crippen LogP contribution in [0.5, 0.6) is 0 Å². The van der Waals surface area contributed by atoms with E-state index in [4.69, 9.17) is 9.47 Å². The van der Waals surface area contributed by atoms with Gasteiger partial charge in [-0.05, 0) is 20.8 Å². The molecule has 0 aromatic rings. The lowest BCUT2D eigenvalue weighted by Gasteiger charge is -2.22. The third-order valence-corrected chi connectivity index (χ3v) is 2.86. The molecule has 0 rings (SSSR count). The molecule has 0 saturated heterocycles. The van der Waals surface area contributed by atoms with Crippen molar-refractivity contribution in [2.75, 3.05) is 40.5 Å². The Morgan fingerprint density at radius 2 is 2.00 bits per heavy atom. The zero-order valence-electron chi connectivity index (χ0n) is 12.7. The average Bonchev–Trinajstić information content (AvgIpc) is 2.40. The van der Waals surface area contributed by atoms with Gasteiger partial charge in [0.25, 0.3) is 0 Å². The standard InChI is InChI=1S/C13H28N2O4/c1-6-15(4)13(17)11(3)14-7-12(16)9-19-10(2)8-18-5/h10-12,14,16H,6-9H2,1-5H3. The number of aliphatic hydroxyl groups excluding tert-OH is 1. The molecule has 0 aliphatic carbocycles. The summed E-state index contributed by atoms with van der Waals surface area (Å²) in [5.74, 6) is 0.0170. The van der Waals surface area contributed by atoms with E-state index >= 15 is 0 Å². The molecule has 0 bridgehead atoms. The Morgan fingerprint density at radius 3 is 2.53 bits per heavy atom. The molecule has 0 aliphatic rings. The van der Waals surface area contributed by atoms with Crippen LogP contribution in [0, 0.1) is 0 Å². The molecule has 0 aliphatic heterocycles. The molecule has 2 N–H and O–H groups in total. The number of nitrogens with zero attached hydrogens (tertiary/aromatic N) is 1. The van der Waals surface area contributed by atoms with Crippen molar-refractivity contribution in [2.45, 2.75) is 39.0 Å². The lowest BCUT2D eigenvalue weighted by atomic mass is 10.2. The number of nitrogens with one attached hydrogen (secondary N) is 1. The van der Waals surface area contributed by atoms with Gasteiger partial charge < -0.3 is 24.8 Å². The molecule has 19 heavy (non-hydrogen) atoms. The van der Waals surface area contributed by atoms with Crippen LogP contribution in [0.4, 0.5) is 0 Å². The van der Waals surface area contributed by atoms with Crippen molar-refractivity contribution < 1.29 is 19.4 Å². The molecule has 0 aromatic heterocycles. The third kappa shape index (κ3) is 8.15. The molecule has 0 heterocycles. The quantitative estimate of drug-likeness (QED) is 0.581. The predicted octanol–water partition coefficient (Wildman–Crippen LogP) is -0.145. The second-order valence-corrected chi connectivity index (χ2v) is 4.74. The number of carbonyl (C=O) groups excluding carboxylic acids is 1. The lowest BCUT2D eigenvalue weighted by molar-refractivity contribution is -0.131. The molecular weight excluding hydrogens is 248 g/mol. The van der Waals surface area contributed by atoms with Crippen LogP contribution in [-0.2, 0) is 14.3 Å². The molecule has 6 heteroatoms. The van der Waals surface area contributed by atoms with E-state index in [9.17, 15) is 9.90 Å². The molecule has 3 atom stereocenters. The smallest absolute Gasteiger partial charge is 0.239 e. The van der Waals surface area contributed by atoms with Crippen molar-refractivity contribution >= 4 is 5.91 Å². The Labute approximate surface area is 116 Å². The van der Waals surface area contributed by atoms with E-state index in [1.807, 2.05) is 13.8 Å². The van der Waals surface area contributed by atoms with Crippen molar-refractivity contribution in [2.24, 2.45) is 0 Å². The second-order valence-electron chi connectivity index (χ2n) is 4.74. The summed E-state index contributed by atoms with van der Waals surface area (Å²) in [4.78, 5) is 13.4. The predicted molar refractivity (Wildman–Crippen MR) is 74.1 cm³/mol. The first-order valence-corrected chi connectivity index (χ1v) is 6.69. The summed E-state index contributed by atoms with van der Waals surface area (Å²) in [6, 6.07) is -0.309.